The zero-order chi connectivity index (χ0) is 14.1. The molecule has 6 heteroatoms. The van der Waals surface area contributed by atoms with Crippen LogP contribution < -0.4 is 0 Å². The number of ether oxygens (including phenoxy) is 2. The Morgan fingerprint density at radius 1 is 1.00 bits per heavy atom. The number of aliphatic carboxylic acids is 1. The topological polar surface area (TPSA) is 89.9 Å². The summed E-state index contributed by atoms with van der Waals surface area (Å²) in [5, 5.41) is 8.50. The van der Waals surface area contributed by atoms with Crippen LogP contribution in [0.4, 0.5) is 0 Å². The van der Waals surface area contributed by atoms with Crippen molar-refractivity contribution in [2.24, 2.45) is 0 Å². The maximum Gasteiger partial charge on any atom is 0.309 e. The van der Waals surface area contributed by atoms with Gasteiger partial charge in [-0.15, -0.1) is 0 Å². The summed E-state index contributed by atoms with van der Waals surface area (Å²) in [6.45, 7) is 4.95. The Hall–Kier alpha value is -1.59. The third-order valence-corrected chi connectivity index (χ3v) is 2.04. The summed E-state index contributed by atoms with van der Waals surface area (Å²) in [7, 11) is 0. The molecule has 2 unspecified atom stereocenters. The summed E-state index contributed by atoms with van der Waals surface area (Å²) in [5.41, 5.74) is 0. The fraction of sp³-hybridized carbons (Fsp3) is 0.750. The lowest BCUT2D eigenvalue weighted by atomic mass is 10.2. The fourth-order valence-corrected chi connectivity index (χ4v) is 1.32. The number of carboxylic acid groups (broad SMARTS) is 1. The van der Waals surface area contributed by atoms with Crippen molar-refractivity contribution in [3.05, 3.63) is 0 Å². The Morgan fingerprint density at radius 2 is 1.50 bits per heavy atom. The second-order valence-corrected chi connectivity index (χ2v) is 4.15. The van der Waals surface area contributed by atoms with E-state index in [0.29, 0.717) is 12.8 Å². The van der Waals surface area contributed by atoms with Gasteiger partial charge in [0.15, 0.2) is 0 Å². The van der Waals surface area contributed by atoms with E-state index in [-0.39, 0.29) is 18.8 Å². The van der Waals surface area contributed by atoms with E-state index in [1.54, 1.807) is 6.92 Å². The van der Waals surface area contributed by atoms with Crippen molar-refractivity contribution in [3.8, 4) is 0 Å². The van der Waals surface area contributed by atoms with Crippen molar-refractivity contribution in [2.75, 3.05) is 0 Å². The van der Waals surface area contributed by atoms with Gasteiger partial charge < -0.3 is 14.6 Å². The van der Waals surface area contributed by atoms with Crippen LogP contribution in [0.25, 0.3) is 0 Å². The molecule has 0 saturated carbocycles. The van der Waals surface area contributed by atoms with Crippen LogP contribution in [0.15, 0.2) is 0 Å². The Balaban J connectivity index is 3.93. The first-order chi connectivity index (χ1) is 8.35. The number of carbonyl (C=O) groups is 3. The number of hydrogen-bond acceptors (Lipinski definition) is 5. The number of carboxylic acids is 1. The predicted molar refractivity (Wildman–Crippen MR) is 62.9 cm³/mol. The number of hydrogen-bond donors (Lipinski definition) is 1. The molecule has 1 N–H and O–H groups in total. The van der Waals surface area contributed by atoms with Gasteiger partial charge in [0, 0.05) is 6.42 Å². The standard InChI is InChI=1S/C12H20O6/c1-4-5-11(15)17-9(3)7-12(16)18-8(2)6-10(13)14/h8-9H,4-7H2,1-3H3,(H,13,14). The molecule has 0 fully saturated rings. The SMILES string of the molecule is CCCC(=O)OC(C)CC(=O)OC(C)CC(=O)O. The summed E-state index contributed by atoms with van der Waals surface area (Å²) >= 11 is 0. The average Bonchev–Trinajstić information content (AvgIpc) is 2.14. The molecule has 0 saturated heterocycles. The highest BCUT2D eigenvalue weighted by Crippen LogP contribution is 2.06. The molecule has 0 heterocycles. The Bertz CT molecular complexity index is 299. The van der Waals surface area contributed by atoms with Gasteiger partial charge in [-0.05, 0) is 20.3 Å². The first kappa shape index (κ1) is 16.4. The van der Waals surface area contributed by atoms with Gasteiger partial charge in [-0.2, -0.15) is 0 Å². The van der Waals surface area contributed by atoms with Crippen LogP contribution in [0.5, 0.6) is 0 Å². The zero-order valence-corrected chi connectivity index (χ0v) is 11.0. The van der Waals surface area contributed by atoms with E-state index in [1.807, 2.05) is 6.92 Å². The molecule has 0 amide bonds. The van der Waals surface area contributed by atoms with Gasteiger partial charge in [-0.1, -0.05) is 6.92 Å². The Labute approximate surface area is 106 Å². The maximum absolute atomic E-state index is 11.4. The molecule has 104 valence electrons. The van der Waals surface area contributed by atoms with Crippen LogP contribution in [0.1, 0.15) is 46.5 Å². The summed E-state index contributed by atoms with van der Waals surface area (Å²) < 4.78 is 9.83. The third-order valence-electron chi connectivity index (χ3n) is 2.04. The highest BCUT2D eigenvalue weighted by atomic mass is 16.6. The van der Waals surface area contributed by atoms with Gasteiger partial charge in [0.25, 0.3) is 0 Å². The highest BCUT2D eigenvalue weighted by molar-refractivity contribution is 5.73. The molecule has 18 heavy (non-hydrogen) atoms. The van der Waals surface area contributed by atoms with Crippen molar-refractivity contribution in [3.63, 3.8) is 0 Å². The van der Waals surface area contributed by atoms with E-state index in [1.165, 1.54) is 6.92 Å². The van der Waals surface area contributed by atoms with Crippen LogP contribution in [0.3, 0.4) is 0 Å². The van der Waals surface area contributed by atoms with E-state index < -0.39 is 24.1 Å². The smallest absolute Gasteiger partial charge is 0.309 e. The molecule has 0 spiro atoms. The van der Waals surface area contributed by atoms with Crippen molar-refractivity contribution < 1.29 is 29.0 Å². The Morgan fingerprint density at radius 3 is 2.00 bits per heavy atom. The molecule has 0 aromatic carbocycles. The molecule has 0 bridgehead atoms. The van der Waals surface area contributed by atoms with Crippen molar-refractivity contribution in [2.45, 2.75) is 58.7 Å². The van der Waals surface area contributed by atoms with Gasteiger partial charge in [-0.3, -0.25) is 14.4 Å². The van der Waals surface area contributed by atoms with E-state index in [0.717, 1.165) is 0 Å². The molecule has 6 nitrogen and oxygen atoms in total. The summed E-state index contributed by atoms with van der Waals surface area (Å²) in [4.78, 5) is 32.9. The van der Waals surface area contributed by atoms with Crippen LogP contribution in [0.2, 0.25) is 0 Å². The van der Waals surface area contributed by atoms with Gasteiger partial charge in [-0.25, -0.2) is 0 Å². The predicted octanol–water partition coefficient (Wildman–Crippen LogP) is 1.51. The monoisotopic (exact) mass is 260 g/mol. The normalized spacial score (nSPS) is 13.5. The molecule has 0 aliphatic heterocycles. The quantitative estimate of drug-likeness (QED) is 0.665. The highest BCUT2D eigenvalue weighted by Gasteiger charge is 2.17. The van der Waals surface area contributed by atoms with Crippen molar-refractivity contribution in [1.29, 1.82) is 0 Å². The van der Waals surface area contributed by atoms with Crippen LogP contribution >= 0.6 is 0 Å². The van der Waals surface area contributed by atoms with Gasteiger partial charge in [0.05, 0.1) is 12.8 Å². The second-order valence-electron chi connectivity index (χ2n) is 4.15. The van der Waals surface area contributed by atoms with E-state index in [4.69, 9.17) is 14.6 Å². The van der Waals surface area contributed by atoms with Gasteiger partial charge in [0.1, 0.15) is 12.2 Å². The molecular formula is C12H20O6. The molecule has 2 atom stereocenters. The fourth-order valence-electron chi connectivity index (χ4n) is 1.32. The molecule has 0 aliphatic carbocycles. The largest absolute Gasteiger partial charge is 0.481 e. The van der Waals surface area contributed by atoms with Gasteiger partial charge >= 0.3 is 17.9 Å². The van der Waals surface area contributed by atoms with E-state index >= 15 is 0 Å². The lowest BCUT2D eigenvalue weighted by Gasteiger charge is -2.15. The molecule has 0 rings (SSSR count). The molecule has 0 aromatic rings. The lowest BCUT2D eigenvalue weighted by molar-refractivity contribution is -0.157. The van der Waals surface area contributed by atoms with Crippen LogP contribution in [0, 0.1) is 0 Å². The summed E-state index contributed by atoms with van der Waals surface area (Å²) in [6.07, 6.45) is -0.558. The number of carbonyl (C=O) groups excluding carboxylic acids is 2. The van der Waals surface area contributed by atoms with Gasteiger partial charge in [0.2, 0.25) is 0 Å². The van der Waals surface area contributed by atoms with Crippen molar-refractivity contribution in [1.82, 2.24) is 0 Å². The van der Waals surface area contributed by atoms with Crippen LogP contribution in [-0.4, -0.2) is 35.2 Å². The Kier molecular flexibility index (Phi) is 7.74. The zero-order valence-electron chi connectivity index (χ0n) is 11.0. The first-order valence-electron chi connectivity index (χ1n) is 5.95. The van der Waals surface area contributed by atoms with Crippen LogP contribution in [-0.2, 0) is 23.9 Å². The molecule has 0 aromatic heterocycles. The second kappa shape index (κ2) is 8.49. The van der Waals surface area contributed by atoms with E-state index in [2.05, 4.69) is 0 Å². The summed E-state index contributed by atoms with van der Waals surface area (Å²) in [6, 6.07) is 0. The average molecular weight is 260 g/mol. The molecule has 0 aliphatic rings. The molecular weight excluding hydrogens is 240 g/mol. The lowest BCUT2D eigenvalue weighted by Crippen LogP contribution is -2.23. The minimum Gasteiger partial charge on any atom is -0.481 e. The molecule has 0 radical (unpaired) electrons. The maximum atomic E-state index is 11.4. The number of esters is 2. The third kappa shape index (κ3) is 8.55. The van der Waals surface area contributed by atoms with E-state index in [9.17, 15) is 14.4 Å². The van der Waals surface area contributed by atoms with Crippen molar-refractivity contribution >= 4 is 17.9 Å². The minimum atomic E-state index is -1.03. The summed E-state index contributed by atoms with van der Waals surface area (Å²) in [5.74, 6) is -1.95. The first-order valence-corrected chi connectivity index (χ1v) is 5.95. The number of rotatable bonds is 8. The minimum absolute atomic E-state index is 0.0700.